The number of fused-ring (bicyclic) bond motifs is 3. The van der Waals surface area contributed by atoms with E-state index in [0.29, 0.717) is 18.9 Å². The lowest BCUT2D eigenvalue weighted by molar-refractivity contribution is -0.159. The third-order valence-corrected chi connectivity index (χ3v) is 6.54. The van der Waals surface area contributed by atoms with Crippen molar-refractivity contribution in [3.63, 3.8) is 0 Å². The zero-order valence-electron chi connectivity index (χ0n) is 20.7. The van der Waals surface area contributed by atoms with Crippen LogP contribution in [0.4, 0.5) is 4.79 Å². The number of carbonyl (C=O) groups is 3. The highest BCUT2D eigenvalue weighted by Gasteiger charge is 2.31. The molecule has 4 rings (SSSR count). The number of carbonyl (C=O) groups excluding carboxylic acids is 3. The van der Waals surface area contributed by atoms with Gasteiger partial charge in [0.2, 0.25) is 5.91 Å². The van der Waals surface area contributed by atoms with Gasteiger partial charge < -0.3 is 24.8 Å². The Labute approximate surface area is 211 Å². The fourth-order valence-corrected chi connectivity index (χ4v) is 4.39. The van der Waals surface area contributed by atoms with Gasteiger partial charge in [0.25, 0.3) is 0 Å². The summed E-state index contributed by atoms with van der Waals surface area (Å²) in [4.78, 5) is 36.7. The van der Waals surface area contributed by atoms with Crippen LogP contribution >= 0.6 is 0 Å². The topological polar surface area (TPSA) is 103 Å². The SMILES string of the molecule is CCCCOC(=O)C(CC1CC1)OCNC(=O)CNC(=O)OCC1c2ccccc2-c2ccccc21. The van der Waals surface area contributed by atoms with Crippen molar-refractivity contribution < 1.29 is 28.6 Å². The number of hydrogen-bond acceptors (Lipinski definition) is 6. The Morgan fingerprint density at radius 3 is 2.25 bits per heavy atom. The zero-order chi connectivity index (χ0) is 25.3. The van der Waals surface area contributed by atoms with Crippen LogP contribution in [0.15, 0.2) is 48.5 Å². The van der Waals surface area contributed by atoms with Gasteiger partial charge in [0.15, 0.2) is 6.10 Å². The summed E-state index contributed by atoms with van der Waals surface area (Å²) in [6.45, 7) is 2.18. The van der Waals surface area contributed by atoms with E-state index in [0.717, 1.165) is 47.9 Å². The van der Waals surface area contributed by atoms with Gasteiger partial charge in [-0.3, -0.25) is 4.79 Å². The molecule has 0 saturated heterocycles. The summed E-state index contributed by atoms with van der Waals surface area (Å²) >= 11 is 0. The van der Waals surface area contributed by atoms with Gasteiger partial charge in [0, 0.05) is 5.92 Å². The van der Waals surface area contributed by atoms with Crippen LogP contribution in [0.25, 0.3) is 11.1 Å². The Hall–Kier alpha value is -3.39. The Kier molecular flexibility index (Phi) is 8.95. The van der Waals surface area contributed by atoms with E-state index >= 15 is 0 Å². The number of hydrogen-bond donors (Lipinski definition) is 2. The molecule has 2 aliphatic rings. The van der Waals surface area contributed by atoms with Crippen molar-refractivity contribution in [2.75, 3.05) is 26.5 Å². The minimum absolute atomic E-state index is 0.0501. The average molecular weight is 495 g/mol. The van der Waals surface area contributed by atoms with E-state index in [1.807, 2.05) is 43.3 Å². The molecule has 8 heteroatoms. The summed E-state index contributed by atoms with van der Waals surface area (Å²) in [5.41, 5.74) is 4.54. The molecule has 1 fully saturated rings. The van der Waals surface area contributed by atoms with Crippen molar-refractivity contribution in [2.24, 2.45) is 5.92 Å². The van der Waals surface area contributed by atoms with Gasteiger partial charge in [0.1, 0.15) is 19.9 Å². The van der Waals surface area contributed by atoms with Crippen LogP contribution in [0.1, 0.15) is 56.1 Å². The summed E-state index contributed by atoms with van der Waals surface area (Å²) in [6.07, 6.45) is 3.15. The third-order valence-electron chi connectivity index (χ3n) is 6.54. The van der Waals surface area contributed by atoms with Crippen molar-refractivity contribution in [3.05, 3.63) is 59.7 Å². The number of ether oxygens (including phenoxy) is 3. The second kappa shape index (κ2) is 12.5. The first-order chi connectivity index (χ1) is 17.6. The maximum absolute atomic E-state index is 12.3. The summed E-state index contributed by atoms with van der Waals surface area (Å²) in [7, 11) is 0. The molecule has 2 amide bonds. The van der Waals surface area contributed by atoms with Gasteiger partial charge in [0.05, 0.1) is 6.61 Å². The fourth-order valence-electron chi connectivity index (χ4n) is 4.39. The maximum Gasteiger partial charge on any atom is 0.407 e. The molecule has 2 aliphatic carbocycles. The summed E-state index contributed by atoms with van der Waals surface area (Å²) in [5, 5.41) is 5.04. The molecule has 2 aromatic carbocycles. The lowest BCUT2D eigenvalue weighted by atomic mass is 9.98. The number of rotatable bonds is 13. The summed E-state index contributed by atoms with van der Waals surface area (Å²) in [6, 6.07) is 16.2. The van der Waals surface area contributed by atoms with Crippen molar-refractivity contribution in [1.82, 2.24) is 10.6 Å². The van der Waals surface area contributed by atoms with Crippen LogP contribution in [-0.2, 0) is 23.8 Å². The molecule has 1 unspecified atom stereocenters. The predicted octanol–water partition coefficient (Wildman–Crippen LogP) is 4.13. The first-order valence-corrected chi connectivity index (χ1v) is 12.7. The fraction of sp³-hybridized carbons (Fsp3) is 0.464. The van der Waals surface area contributed by atoms with Crippen LogP contribution in [0, 0.1) is 5.92 Å². The first-order valence-electron chi connectivity index (χ1n) is 12.7. The molecular weight excluding hydrogens is 460 g/mol. The lowest BCUT2D eigenvalue weighted by Gasteiger charge is -2.17. The first kappa shape index (κ1) is 25.7. The number of esters is 1. The molecule has 1 atom stereocenters. The summed E-state index contributed by atoms with van der Waals surface area (Å²) < 4.78 is 16.3. The van der Waals surface area contributed by atoms with E-state index < -0.39 is 18.1 Å². The molecule has 8 nitrogen and oxygen atoms in total. The van der Waals surface area contributed by atoms with Crippen LogP contribution < -0.4 is 10.6 Å². The molecule has 1 saturated carbocycles. The quantitative estimate of drug-likeness (QED) is 0.247. The van der Waals surface area contributed by atoms with Crippen LogP contribution in [0.3, 0.4) is 0 Å². The molecule has 36 heavy (non-hydrogen) atoms. The van der Waals surface area contributed by atoms with Crippen molar-refractivity contribution in [3.8, 4) is 11.1 Å². The highest BCUT2D eigenvalue weighted by molar-refractivity contribution is 5.82. The standard InChI is InChI=1S/C28H34N2O6/c1-2-3-14-34-27(32)25(15-19-12-13-19)36-18-30-26(31)16-29-28(33)35-17-24-22-10-6-4-8-20(22)21-9-5-7-11-23(21)24/h4-11,19,24-25H,2-3,12-18H2,1H3,(H,29,33)(H,30,31). The van der Waals surface area contributed by atoms with Gasteiger partial charge in [-0.15, -0.1) is 0 Å². The number of amides is 2. The molecule has 0 aromatic heterocycles. The van der Waals surface area contributed by atoms with Gasteiger partial charge >= 0.3 is 12.1 Å². The number of nitrogens with one attached hydrogen (secondary N) is 2. The molecule has 2 aromatic rings. The normalized spacial score (nSPS) is 14.9. The second-order valence-corrected chi connectivity index (χ2v) is 9.28. The van der Waals surface area contributed by atoms with Crippen molar-refractivity contribution in [2.45, 2.75) is 51.0 Å². The molecule has 0 aliphatic heterocycles. The van der Waals surface area contributed by atoms with Crippen LogP contribution in [0.5, 0.6) is 0 Å². The highest BCUT2D eigenvalue weighted by Crippen LogP contribution is 2.44. The average Bonchev–Trinajstić information content (AvgIpc) is 3.66. The van der Waals surface area contributed by atoms with Gasteiger partial charge in [-0.25, -0.2) is 9.59 Å². The van der Waals surface area contributed by atoms with E-state index in [-0.39, 0.29) is 31.8 Å². The van der Waals surface area contributed by atoms with Crippen LogP contribution in [0.2, 0.25) is 0 Å². The van der Waals surface area contributed by atoms with E-state index in [1.165, 1.54) is 0 Å². The molecule has 0 radical (unpaired) electrons. The van der Waals surface area contributed by atoms with Crippen molar-refractivity contribution >= 4 is 18.0 Å². The molecule has 192 valence electrons. The monoisotopic (exact) mass is 494 g/mol. The highest BCUT2D eigenvalue weighted by atomic mass is 16.6. The van der Waals surface area contributed by atoms with E-state index in [2.05, 4.69) is 22.8 Å². The van der Waals surface area contributed by atoms with E-state index in [1.54, 1.807) is 0 Å². The Morgan fingerprint density at radius 2 is 1.61 bits per heavy atom. The van der Waals surface area contributed by atoms with Crippen molar-refractivity contribution in [1.29, 1.82) is 0 Å². The van der Waals surface area contributed by atoms with E-state index in [4.69, 9.17) is 14.2 Å². The molecular formula is C28H34N2O6. The zero-order valence-corrected chi connectivity index (χ0v) is 20.7. The minimum atomic E-state index is -0.690. The molecule has 0 spiro atoms. The maximum atomic E-state index is 12.3. The number of unbranched alkanes of at least 4 members (excludes halogenated alkanes) is 1. The largest absolute Gasteiger partial charge is 0.464 e. The summed E-state index contributed by atoms with van der Waals surface area (Å²) in [5.74, 6) is -0.403. The minimum Gasteiger partial charge on any atom is -0.464 e. The Balaban J connectivity index is 1.18. The smallest absolute Gasteiger partial charge is 0.407 e. The Bertz CT molecular complexity index is 1020. The number of alkyl carbamates (subject to hydrolysis) is 1. The number of benzene rings is 2. The molecule has 0 heterocycles. The lowest BCUT2D eigenvalue weighted by Crippen LogP contribution is -2.40. The van der Waals surface area contributed by atoms with E-state index in [9.17, 15) is 14.4 Å². The van der Waals surface area contributed by atoms with Gasteiger partial charge in [-0.05, 0) is 41.0 Å². The molecule has 2 N–H and O–H groups in total. The van der Waals surface area contributed by atoms with Gasteiger partial charge in [-0.1, -0.05) is 74.7 Å². The van der Waals surface area contributed by atoms with Gasteiger partial charge in [-0.2, -0.15) is 0 Å². The predicted molar refractivity (Wildman–Crippen MR) is 134 cm³/mol. The molecule has 0 bridgehead atoms. The van der Waals surface area contributed by atoms with Crippen LogP contribution in [-0.4, -0.2) is 50.6 Å². The third kappa shape index (κ3) is 6.85. The Morgan fingerprint density at radius 1 is 0.944 bits per heavy atom. The second-order valence-electron chi connectivity index (χ2n) is 9.28.